The third-order valence-corrected chi connectivity index (χ3v) is 3.10. The predicted octanol–water partition coefficient (Wildman–Crippen LogP) is 2.67. The van der Waals surface area contributed by atoms with Crippen LogP contribution in [0.15, 0.2) is 24.3 Å². The van der Waals surface area contributed by atoms with Gasteiger partial charge in [-0.15, -0.1) is 12.4 Å². The lowest BCUT2D eigenvalue weighted by molar-refractivity contribution is -0.124. The number of amides is 1. The predicted molar refractivity (Wildman–Crippen MR) is 82.4 cm³/mol. The Kier molecular flexibility index (Phi) is 9.17. The molecule has 1 aromatic rings. The van der Waals surface area contributed by atoms with E-state index in [1.54, 1.807) is 6.07 Å². The number of hydrogen-bond donors (Lipinski definition) is 2. The fraction of sp³-hybridized carbons (Fsp3) is 0.533. The summed E-state index contributed by atoms with van der Waals surface area (Å²) in [6.45, 7) is 4.42. The van der Waals surface area contributed by atoms with Gasteiger partial charge >= 0.3 is 0 Å². The van der Waals surface area contributed by atoms with E-state index in [9.17, 15) is 9.18 Å². The van der Waals surface area contributed by atoms with E-state index in [0.717, 1.165) is 12.0 Å². The molecule has 3 nitrogen and oxygen atoms in total. The highest BCUT2D eigenvalue weighted by atomic mass is 35.5. The summed E-state index contributed by atoms with van der Waals surface area (Å²) in [6.07, 6.45) is 2.20. The maximum Gasteiger partial charge on any atom is 0.222 e. The molecular formula is C15H24ClFN2O. The minimum absolute atomic E-state index is 0. The highest BCUT2D eigenvalue weighted by Gasteiger charge is 2.12. The molecule has 0 aromatic heterocycles. The van der Waals surface area contributed by atoms with Crippen LogP contribution in [0.1, 0.15) is 32.3 Å². The van der Waals surface area contributed by atoms with Crippen molar-refractivity contribution in [2.45, 2.75) is 39.2 Å². The van der Waals surface area contributed by atoms with Crippen molar-refractivity contribution in [2.24, 2.45) is 11.7 Å². The Hall–Kier alpha value is -1.13. The monoisotopic (exact) mass is 302 g/mol. The summed E-state index contributed by atoms with van der Waals surface area (Å²) in [6, 6.07) is 6.61. The van der Waals surface area contributed by atoms with Crippen LogP contribution in [0, 0.1) is 11.7 Å². The summed E-state index contributed by atoms with van der Waals surface area (Å²) in [5.41, 5.74) is 6.54. The van der Waals surface area contributed by atoms with Gasteiger partial charge in [0.2, 0.25) is 5.91 Å². The molecule has 114 valence electrons. The van der Waals surface area contributed by atoms with Gasteiger partial charge in [0.05, 0.1) is 0 Å². The van der Waals surface area contributed by atoms with Gasteiger partial charge in [0.25, 0.3) is 0 Å². The van der Waals surface area contributed by atoms with Gasteiger partial charge in [-0.3, -0.25) is 4.79 Å². The Morgan fingerprint density at radius 1 is 1.35 bits per heavy atom. The summed E-state index contributed by atoms with van der Waals surface area (Å²) < 4.78 is 13.0. The molecule has 0 saturated carbocycles. The first kappa shape index (κ1) is 18.9. The van der Waals surface area contributed by atoms with Crippen LogP contribution >= 0.6 is 12.4 Å². The van der Waals surface area contributed by atoms with E-state index < -0.39 is 0 Å². The number of benzene rings is 1. The van der Waals surface area contributed by atoms with Gasteiger partial charge < -0.3 is 11.1 Å². The lowest BCUT2D eigenvalue weighted by Crippen LogP contribution is -2.32. The van der Waals surface area contributed by atoms with Crippen molar-refractivity contribution in [1.29, 1.82) is 0 Å². The summed E-state index contributed by atoms with van der Waals surface area (Å²) in [4.78, 5) is 11.8. The molecule has 2 unspecified atom stereocenters. The second-order valence-electron chi connectivity index (χ2n) is 5.13. The van der Waals surface area contributed by atoms with Gasteiger partial charge in [-0.2, -0.15) is 0 Å². The van der Waals surface area contributed by atoms with Crippen LogP contribution in [0.2, 0.25) is 0 Å². The molecule has 0 radical (unpaired) electrons. The lowest BCUT2D eigenvalue weighted by atomic mass is 10.0. The summed E-state index contributed by atoms with van der Waals surface area (Å²) in [5.74, 6) is -0.264. The Balaban J connectivity index is 0.00000361. The molecule has 5 heteroatoms. The average Bonchev–Trinajstić information content (AvgIpc) is 2.35. The number of nitrogens with two attached hydrogens (primary N) is 1. The van der Waals surface area contributed by atoms with Crippen molar-refractivity contribution >= 4 is 18.3 Å². The first-order chi connectivity index (χ1) is 8.99. The number of halogens is 2. The molecule has 20 heavy (non-hydrogen) atoms. The minimum Gasteiger partial charge on any atom is -0.356 e. The Morgan fingerprint density at radius 3 is 2.65 bits per heavy atom. The van der Waals surface area contributed by atoms with Gasteiger partial charge in [-0.25, -0.2) is 4.39 Å². The number of carbonyl (C=O) groups excluding carboxylic acids is 1. The quantitative estimate of drug-likeness (QED) is 0.813. The van der Waals surface area contributed by atoms with E-state index in [1.165, 1.54) is 12.1 Å². The fourth-order valence-corrected chi connectivity index (χ4v) is 1.80. The van der Waals surface area contributed by atoms with E-state index in [4.69, 9.17) is 5.73 Å². The average molecular weight is 303 g/mol. The van der Waals surface area contributed by atoms with Crippen LogP contribution in [0.4, 0.5) is 4.39 Å². The second-order valence-corrected chi connectivity index (χ2v) is 5.13. The largest absolute Gasteiger partial charge is 0.356 e. The van der Waals surface area contributed by atoms with E-state index in [2.05, 4.69) is 5.32 Å². The number of nitrogens with one attached hydrogen (secondary N) is 1. The van der Waals surface area contributed by atoms with Gasteiger partial charge in [-0.05, 0) is 43.9 Å². The van der Waals surface area contributed by atoms with Crippen molar-refractivity contribution in [3.8, 4) is 0 Å². The summed E-state index contributed by atoms with van der Waals surface area (Å²) in [7, 11) is 0. The first-order valence-electron chi connectivity index (χ1n) is 6.76. The van der Waals surface area contributed by atoms with Crippen LogP contribution < -0.4 is 11.1 Å². The van der Waals surface area contributed by atoms with E-state index >= 15 is 0 Å². The third kappa shape index (κ3) is 7.46. The van der Waals surface area contributed by atoms with Crippen molar-refractivity contribution in [3.63, 3.8) is 0 Å². The van der Waals surface area contributed by atoms with Gasteiger partial charge in [0.1, 0.15) is 5.82 Å². The maximum atomic E-state index is 13.0. The number of aryl methyl sites for hydroxylation is 1. The first-order valence-corrected chi connectivity index (χ1v) is 6.76. The van der Waals surface area contributed by atoms with E-state index in [1.807, 2.05) is 19.9 Å². The lowest BCUT2D eigenvalue weighted by Gasteiger charge is -2.13. The molecule has 3 N–H and O–H groups in total. The molecule has 1 aromatic carbocycles. The minimum atomic E-state index is -0.230. The maximum absolute atomic E-state index is 13.0. The van der Waals surface area contributed by atoms with E-state index in [-0.39, 0.29) is 36.1 Å². The van der Waals surface area contributed by atoms with Gasteiger partial charge in [0, 0.05) is 18.5 Å². The highest BCUT2D eigenvalue weighted by Crippen LogP contribution is 2.11. The van der Waals surface area contributed by atoms with Crippen molar-refractivity contribution < 1.29 is 9.18 Å². The van der Waals surface area contributed by atoms with Gasteiger partial charge in [0.15, 0.2) is 0 Å². The number of carbonyl (C=O) groups is 1. The molecule has 1 rings (SSSR count). The molecule has 0 aliphatic rings. The normalized spacial score (nSPS) is 13.2. The van der Waals surface area contributed by atoms with Crippen molar-refractivity contribution in [3.05, 3.63) is 35.6 Å². The zero-order valence-electron chi connectivity index (χ0n) is 12.1. The molecule has 1 amide bonds. The zero-order valence-corrected chi connectivity index (χ0v) is 12.9. The highest BCUT2D eigenvalue weighted by molar-refractivity contribution is 5.85. The van der Waals surface area contributed by atoms with Crippen LogP contribution in [-0.2, 0) is 11.2 Å². The molecular weight excluding hydrogens is 279 g/mol. The van der Waals surface area contributed by atoms with Crippen LogP contribution in [0.3, 0.4) is 0 Å². The molecule has 2 atom stereocenters. The standard InChI is InChI=1S/C15H23FN2O.ClH/c1-11(15(19)18-9-8-12(2)17)6-7-13-4-3-5-14(16)10-13;/h3-5,10-12H,6-9,17H2,1-2H3,(H,18,19);1H. The van der Waals surface area contributed by atoms with Gasteiger partial charge in [-0.1, -0.05) is 19.1 Å². The molecule has 0 heterocycles. The second kappa shape index (κ2) is 9.72. The molecule has 0 saturated heterocycles. The fourth-order valence-electron chi connectivity index (χ4n) is 1.80. The van der Waals surface area contributed by atoms with Crippen LogP contribution in [0.25, 0.3) is 0 Å². The summed E-state index contributed by atoms with van der Waals surface area (Å²) >= 11 is 0. The molecule has 0 spiro atoms. The Labute approximate surface area is 126 Å². The molecule has 0 bridgehead atoms. The third-order valence-electron chi connectivity index (χ3n) is 3.10. The number of hydrogen-bond acceptors (Lipinski definition) is 2. The SMILES string of the molecule is CC(N)CCNC(=O)C(C)CCc1cccc(F)c1.Cl. The van der Waals surface area contributed by atoms with Crippen molar-refractivity contribution in [1.82, 2.24) is 5.32 Å². The topological polar surface area (TPSA) is 55.1 Å². The van der Waals surface area contributed by atoms with Crippen molar-refractivity contribution in [2.75, 3.05) is 6.54 Å². The molecule has 0 fully saturated rings. The summed E-state index contributed by atoms with van der Waals surface area (Å²) in [5, 5.41) is 2.87. The smallest absolute Gasteiger partial charge is 0.222 e. The molecule has 0 aliphatic carbocycles. The zero-order chi connectivity index (χ0) is 14.3. The Morgan fingerprint density at radius 2 is 2.05 bits per heavy atom. The van der Waals surface area contributed by atoms with Crippen LogP contribution in [0.5, 0.6) is 0 Å². The number of rotatable bonds is 7. The van der Waals surface area contributed by atoms with Crippen LogP contribution in [-0.4, -0.2) is 18.5 Å². The Bertz CT molecular complexity index is 413. The van der Waals surface area contributed by atoms with E-state index in [0.29, 0.717) is 19.4 Å². The molecule has 0 aliphatic heterocycles.